The zero-order valence-electron chi connectivity index (χ0n) is 17.0. The van der Waals surface area contributed by atoms with Crippen molar-refractivity contribution in [2.24, 2.45) is 0 Å². The fourth-order valence-electron chi connectivity index (χ4n) is 2.86. The number of nitrogens with one attached hydrogen (secondary N) is 2. The van der Waals surface area contributed by atoms with Crippen LogP contribution in [0.25, 0.3) is 6.08 Å². The largest absolute Gasteiger partial charge is 0.497 e. The third-order valence-electron chi connectivity index (χ3n) is 4.46. The van der Waals surface area contributed by atoms with E-state index in [1.807, 2.05) is 60.8 Å². The topological polar surface area (TPSA) is 67.4 Å². The highest BCUT2D eigenvalue weighted by molar-refractivity contribution is 7.10. The average Bonchev–Trinajstić information content (AvgIpc) is 3.27. The lowest BCUT2D eigenvalue weighted by Gasteiger charge is -2.11. The summed E-state index contributed by atoms with van der Waals surface area (Å²) >= 11 is 1.50. The number of carbonyl (C=O) groups is 2. The molecule has 0 aliphatic rings. The molecule has 0 radical (unpaired) electrons. The predicted octanol–water partition coefficient (Wildman–Crippen LogP) is 4.19. The highest BCUT2D eigenvalue weighted by Gasteiger charge is 2.15. The quantitative estimate of drug-likeness (QED) is 0.537. The van der Waals surface area contributed by atoms with Crippen molar-refractivity contribution in [3.8, 4) is 5.75 Å². The first-order chi connectivity index (χ1) is 14.5. The third kappa shape index (κ3) is 6.06. The minimum absolute atomic E-state index is 0.221. The highest BCUT2D eigenvalue weighted by atomic mass is 32.1. The van der Waals surface area contributed by atoms with Gasteiger partial charge in [0.1, 0.15) is 11.4 Å². The van der Waals surface area contributed by atoms with Crippen LogP contribution in [0.3, 0.4) is 0 Å². The number of amides is 2. The highest BCUT2D eigenvalue weighted by Crippen LogP contribution is 2.14. The molecule has 2 N–H and O–H groups in total. The molecule has 6 heteroatoms. The summed E-state index contributed by atoms with van der Waals surface area (Å²) in [7, 11) is 1.63. The Hall–Kier alpha value is -3.38. The summed E-state index contributed by atoms with van der Waals surface area (Å²) in [6, 6.07) is 18.8. The van der Waals surface area contributed by atoms with Gasteiger partial charge in [-0.3, -0.25) is 9.59 Å². The predicted molar refractivity (Wildman–Crippen MR) is 121 cm³/mol. The minimum atomic E-state index is -0.321. The summed E-state index contributed by atoms with van der Waals surface area (Å²) in [6.07, 6.45) is 2.37. The van der Waals surface area contributed by atoms with E-state index in [1.54, 1.807) is 25.3 Å². The molecule has 0 aliphatic carbocycles. The van der Waals surface area contributed by atoms with Crippen LogP contribution in [0.5, 0.6) is 5.75 Å². The first kappa shape index (κ1) is 21.3. The van der Waals surface area contributed by atoms with Gasteiger partial charge in [0.2, 0.25) is 0 Å². The smallest absolute Gasteiger partial charge is 0.267 e. The van der Waals surface area contributed by atoms with E-state index in [0.717, 1.165) is 21.8 Å². The molecule has 0 fully saturated rings. The van der Waals surface area contributed by atoms with E-state index < -0.39 is 0 Å². The van der Waals surface area contributed by atoms with Gasteiger partial charge >= 0.3 is 0 Å². The molecule has 3 aromatic rings. The van der Waals surface area contributed by atoms with Crippen LogP contribution < -0.4 is 15.4 Å². The summed E-state index contributed by atoms with van der Waals surface area (Å²) in [5.41, 5.74) is 2.80. The number of benzene rings is 2. The third-order valence-corrected chi connectivity index (χ3v) is 5.28. The molecular weight excluding hydrogens is 396 g/mol. The van der Waals surface area contributed by atoms with Gasteiger partial charge in [0, 0.05) is 17.0 Å². The minimum Gasteiger partial charge on any atom is -0.497 e. The van der Waals surface area contributed by atoms with E-state index in [1.165, 1.54) is 11.3 Å². The zero-order chi connectivity index (χ0) is 21.3. The molecule has 0 unspecified atom stereocenters. The number of rotatable bonds is 8. The fourth-order valence-corrected chi connectivity index (χ4v) is 3.52. The van der Waals surface area contributed by atoms with E-state index in [0.29, 0.717) is 18.5 Å². The van der Waals surface area contributed by atoms with E-state index >= 15 is 0 Å². The van der Waals surface area contributed by atoms with E-state index in [4.69, 9.17) is 4.74 Å². The van der Waals surface area contributed by atoms with Gasteiger partial charge in [-0.2, -0.15) is 0 Å². The van der Waals surface area contributed by atoms with Crippen molar-refractivity contribution in [2.45, 2.75) is 13.3 Å². The molecule has 2 aromatic carbocycles. The van der Waals surface area contributed by atoms with Gasteiger partial charge in [-0.25, -0.2) is 0 Å². The van der Waals surface area contributed by atoms with Crippen molar-refractivity contribution < 1.29 is 14.3 Å². The van der Waals surface area contributed by atoms with Crippen LogP contribution in [-0.4, -0.2) is 25.5 Å². The molecule has 0 aliphatic heterocycles. The second-order valence-corrected chi connectivity index (χ2v) is 7.73. The monoisotopic (exact) mass is 420 g/mol. The lowest BCUT2D eigenvalue weighted by atomic mass is 10.1. The zero-order valence-corrected chi connectivity index (χ0v) is 17.8. The second-order valence-electron chi connectivity index (χ2n) is 6.75. The Morgan fingerprint density at radius 2 is 1.87 bits per heavy atom. The molecule has 0 spiro atoms. The van der Waals surface area contributed by atoms with Crippen LogP contribution in [0.2, 0.25) is 0 Å². The van der Waals surface area contributed by atoms with Crippen molar-refractivity contribution in [2.75, 3.05) is 13.7 Å². The summed E-state index contributed by atoms with van der Waals surface area (Å²) in [5, 5.41) is 7.58. The van der Waals surface area contributed by atoms with E-state index in [9.17, 15) is 9.59 Å². The first-order valence-electron chi connectivity index (χ1n) is 9.59. The SMILES string of the molecule is COc1ccc(CCNC(=O)/C(=C/c2cccs2)NC(=O)c2cccc(C)c2)cc1. The molecule has 30 heavy (non-hydrogen) atoms. The van der Waals surface area contributed by atoms with Gasteiger partial charge in [-0.15, -0.1) is 11.3 Å². The molecule has 1 aromatic heterocycles. The molecule has 0 bridgehead atoms. The number of hydrogen-bond acceptors (Lipinski definition) is 4. The molecular formula is C24H24N2O3S. The van der Waals surface area contributed by atoms with Gasteiger partial charge in [0.15, 0.2) is 0 Å². The lowest BCUT2D eigenvalue weighted by molar-refractivity contribution is -0.117. The average molecular weight is 421 g/mol. The van der Waals surface area contributed by atoms with Crippen LogP contribution in [0, 0.1) is 6.92 Å². The number of methoxy groups -OCH3 is 1. The Morgan fingerprint density at radius 1 is 1.07 bits per heavy atom. The normalized spacial score (nSPS) is 11.1. The van der Waals surface area contributed by atoms with Crippen molar-refractivity contribution in [3.05, 3.63) is 93.3 Å². The van der Waals surface area contributed by atoms with Crippen LogP contribution >= 0.6 is 11.3 Å². The maximum absolute atomic E-state index is 12.8. The maximum atomic E-state index is 12.8. The molecule has 0 saturated carbocycles. The van der Waals surface area contributed by atoms with Crippen molar-refractivity contribution in [1.82, 2.24) is 10.6 Å². The number of ether oxygens (including phenoxy) is 1. The van der Waals surface area contributed by atoms with Crippen molar-refractivity contribution in [3.63, 3.8) is 0 Å². The van der Waals surface area contributed by atoms with Gasteiger partial charge < -0.3 is 15.4 Å². The first-order valence-corrected chi connectivity index (χ1v) is 10.5. The van der Waals surface area contributed by atoms with Gasteiger partial charge in [0.05, 0.1) is 7.11 Å². The second kappa shape index (κ2) is 10.4. The van der Waals surface area contributed by atoms with Crippen LogP contribution in [-0.2, 0) is 11.2 Å². The molecule has 1 heterocycles. The summed E-state index contributed by atoms with van der Waals surface area (Å²) in [5.74, 6) is 0.160. The summed E-state index contributed by atoms with van der Waals surface area (Å²) < 4.78 is 5.16. The fraction of sp³-hybridized carbons (Fsp3) is 0.167. The van der Waals surface area contributed by atoms with Gasteiger partial charge in [-0.05, 0) is 60.7 Å². The number of aryl methyl sites for hydroxylation is 1. The summed E-state index contributed by atoms with van der Waals surface area (Å²) in [4.78, 5) is 26.3. The Morgan fingerprint density at radius 3 is 2.53 bits per heavy atom. The van der Waals surface area contributed by atoms with Gasteiger partial charge in [0.25, 0.3) is 11.8 Å². The molecule has 3 rings (SSSR count). The van der Waals surface area contributed by atoms with E-state index in [2.05, 4.69) is 10.6 Å². The Kier molecular flexibility index (Phi) is 7.40. The van der Waals surface area contributed by atoms with Crippen LogP contribution in [0.15, 0.2) is 71.7 Å². The lowest BCUT2D eigenvalue weighted by Crippen LogP contribution is -2.35. The Balaban J connectivity index is 1.67. The van der Waals surface area contributed by atoms with Crippen molar-refractivity contribution >= 4 is 29.2 Å². The molecule has 2 amide bonds. The Bertz CT molecular complexity index is 1020. The number of carbonyl (C=O) groups excluding carboxylic acids is 2. The van der Waals surface area contributed by atoms with Crippen molar-refractivity contribution in [1.29, 1.82) is 0 Å². The van der Waals surface area contributed by atoms with Crippen LogP contribution in [0.1, 0.15) is 26.4 Å². The standard InChI is InChI=1S/C24H24N2O3S/c1-17-5-3-6-19(15-17)23(27)26-22(16-21-7-4-14-30-21)24(28)25-13-12-18-8-10-20(29-2)11-9-18/h3-11,14-16H,12-13H2,1-2H3,(H,25,28)(H,26,27)/b22-16-. The molecule has 0 atom stereocenters. The Labute approximate surface area is 180 Å². The van der Waals surface area contributed by atoms with Crippen LogP contribution in [0.4, 0.5) is 0 Å². The number of hydrogen-bond donors (Lipinski definition) is 2. The van der Waals surface area contributed by atoms with E-state index in [-0.39, 0.29) is 17.5 Å². The summed E-state index contributed by atoms with van der Waals surface area (Å²) in [6.45, 7) is 2.37. The molecule has 154 valence electrons. The number of thiophene rings is 1. The van der Waals surface area contributed by atoms with Gasteiger partial charge in [-0.1, -0.05) is 35.9 Å². The molecule has 0 saturated heterocycles. The molecule has 5 nitrogen and oxygen atoms in total. The maximum Gasteiger partial charge on any atom is 0.267 e.